The van der Waals surface area contributed by atoms with Crippen LogP contribution in [0.3, 0.4) is 0 Å². The summed E-state index contributed by atoms with van der Waals surface area (Å²) in [7, 11) is 1.74. The van der Waals surface area contributed by atoms with Crippen LogP contribution < -0.4 is 10.6 Å². The normalized spacial score (nSPS) is 13.4. The highest BCUT2D eigenvalue weighted by molar-refractivity contribution is 14.0. The molecular formula is C18H27IN4O2S2. The van der Waals surface area contributed by atoms with Gasteiger partial charge in [-0.3, -0.25) is 4.99 Å². The van der Waals surface area contributed by atoms with Crippen LogP contribution in [-0.2, 0) is 4.74 Å². The summed E-state index contributed by atoms with van der Waals surface area (Å²) in [5.41, 5.74) is 2.02. The number of aromatic nitrogens is 1. The van der Waals surface area contributed by atoms with Crippen LogP contribution >= 0.6 is 46.7 Å². The highest BCUT2D eigenvalue weighted by Crippen LogP contribution is 2.24. The summed E-state index contributed by atoms with van der Waals surface area (Å²) in [5, 5.41) is 11.8. The number of nitrogens with zero attached hydrogens (tertiary/aromatic N) is 2. The molecule has 0 saturated heterocycles. The number of thiazole rings is 1. The monoisotopic (exact) mass is 522 g/mol. The Morgan fingerprint density at radius 1 is 1.41 bits per heavy atom. The van der Waals surface area contributed by atoms with Crippen LogP contribution in [0.1, 0.15) is 58.7 Å². The van der Waals surface area contributed by atoms with Crippen molar-refractivity contribution >= 4 is 58.6 Å². The summed E-state index contributed by atoms with van der Waals surface area (Å²) in [5.74, 6) is 0.797. The smallest absolute Gasteiger partial charge is 0.350 e. The number of nitrogens with one attached hydrogen (secondary N) is 2. The van der Waals surface area contributed by atoms with Gasteiger partial charge in [0.2, 0.25) is 0 Å². The molecule has 2 unspecified atom stereocenters. The van der Waals surface area contributed by atoms with E-state index >= 15 is 0 Å². The number of thiophene rings is 1. The Hall–Kier alpha value is -1.20. The van der Waals surface area contributed by atoms with E-state index in [4.69, 9.17) is 4.74 Å². The molecule has 0 saturated carbocycles. The van der Waals surface area contributed by atoms with Crippen LogP contribution in [0.5, 0.6) is 0 Å². The largest absolute Gasteiger partial charge is 0.462 e. The Balaban J connectivity index is 0.00000364. The van der Waals surface area contributed by atoms with Crippen molar-refractivity contribution in [3.8, 4) is 0 Å². The van der Waals surface area contributed by atoms with E-state index in [1.807, 2.05) is 13.8 Å². The number of carbonyl (C=O) groups is 1. The fourth-order valence-electron chi connectivity index (χ4n) is 2.37. The number of carbonyl (C=O) groups excluding carboxylic acids is 1. The molecule has 0 aromatic carbocycles. The van der Waals surface area contributed by atoms with Gasteiger partial charge in [-0.05, 0) is 49.1 Å². The van der Waals surface area contributed by atoms with Crippen molar-refractivity contribution in [2.24, 2.45) is 4.99 Å². The summed E-state index contributed by atoms with van der Waals surface area (Å²) in [6, 6.07) is 2.08. The average molecular weight is 522 g/mol. The Kier molecular flexibility index (Phi) is 10.2. The van der Waals surface area contributed by atoms with Gasteiger partial charge in [0.1, 0.15) is 9.88 Å². The molecule has 0 aliphatic rings. The minimum atomic E-state index is -0.312. The number of ether oxygens (including phenoxy) is 1. The molecular weight excluding hydrogens is 495 g/mol. The molecule has 150 valence electrons. The summed E-state index contributed by atoms with van der Waals surface area (Å²) in [6.07, 6.45) is 0. The zero-order valence-electron chi connectivity index (χ0n) is 16.2. The van der Waals surface area contributed by atoms with Crippen molar-refractivity contribution < 1.29 is 9.53 Å². The first-order valence-corrected chi connectivity index (χ1v) is 10.4. The number of aliphatic imine (C=N–C) groups is 1. The first-order valence-electron chi connectivity index (χ1n) is 8.59. The van der Waals surface area contributed by atoms with Gasteiger partial charge in [0, 0.05) is 13.6 Å². The van der Waals surface area contributed by atoms with Gasteiger partial charge in [-0.1, -0.05) is 6.92 Å². The SMILES string of the molecule is CCOC(=O)c1sc(C(C)NC(=NC)NCC(C)c2ccsc2)nc1C.I. The van der Waals surface area contributed by atoms with Gasteiger partial charge in [0.15, 0.2) is 5.96 Å². The summed E-state index contributed by atoms with van der Waals surface area (Å²) in [6.45, 7) is 8.96. The molecule has 0 fully saturated rings. The average Bonchev–Trinajstić information content (AvgIpc) is 3.28. The van der Waals surface area contributed by atoms with Crippen molar-refractivity contribution in [1.29, 1.82) is 0 Å². The van der Waals surface area contributed by atoms with Crippen LogP contribution in [0.4, 0.5) is 0 Å². The van der Waals surface area contributed by atoms with Gasteiger partial charge in [-0.2, -0.15) is 11.3 Å². The molecule has 0 aliphatic carbocycles. The molecule has 2 heterocycles. The Morgan fingerprint density at radius 3 is 2.74 bits per heavy atom. The van der Waals surface area contributed by atoms with Crippen LogP contribution in [0.15, 0.2) is 21.8 Å². The van der Waals surface area contributed by atoms with Crippen LogP contribution in [0.25, 0.3) is 0 Å². The first-order chi connectivity index (χ1) is 12.5. The third-order valence-electron chi connectivity index (χ3n) is 3.91. The summed E-state index contributed by atoms with van der Waals surface area (Å²) in [4.78, 5) is 21.3. The molecule has 0 bridgehead atoms. The topological polar surface area (TPSA) is 75.6 Å². The summed E-state index contributed by atoms with van der Waals surface area (Å²) >= 11 is 3.07. The quantitative estimate of drug-likeness (QED) is 0.245. The number of esters is 1. The van der Waals surface area contributed by atoms with Gasteiger partial charge in [-0.25, -0.2) is 9.78 Å². The number of rotatable bonds is 7. The molecule has 27 heavy (non-hydrogen) atoms. The minimum absolute atomic E-state index is 0. The fraction of sp³-hybridized carbons (Fsp3) is 0.500. The molecule has 9 heteroatoms. The van der Waals surface area contributed by atoms with Crippen LogP contribution in [0.2, 0.25) is 0 Å². The lowest BCUT2D eigenvalue weighted by Crippen LogP contribution is -2.40. The van der Waals surface area contributed by atoms with E-state index in [1.54, 1.807) is 25.3 Å². The molecule has 0 amide bonds. The standard InChI is InChI=1S/C18H26N4O2S2.HI/c1-6-24-17(23)15-12(3)21-16(26-15)13(4)22-18(19-5)20-9-11(2)14-7-8-25-10-14;/h7-8,10-11,13H,6,9H2,1-5H3,(H2,19,20,22);1H. The molecule has 2 N–H and O–H groups in total. The lowest BCUT2D eigenvalue weighted by atomic mass is 10.1. The maximum atomic E-state index is 12.0. The van der Waals surface area contributed by atoms with E-state index in [9.17, 15) is 4.79 Å². The highest BCUT2D eigenvalue weighted by Gasteiger charge is 2.20. The third-order valence-corrected chi connectivity index (χ3v) is 5.93. The fourth-order valence-corrected chi connectivity index (χ4v) is 4.12. The second kappa shape index (κ2) is 11.6. The van der Waals surface area contributed by atoms with Crippen molar-refractivity contribution in [2.45, 2.75) is 39.7 Å². The van der Waals surface area contributed by atoms with Gasteiger partial charge < -0.3 is 15.4 Å². The van der Waals surface area contributed by atoms with Crippen LogP contribution in [0, 0.1) is 6.92 Å². The van der Waals surface area contributed by atoms with Gasteiger partial charge in [0.25, 0.3) is 0 Å². The number of halogens is 1. The number of hydrogen-bond acceptors (Lipinski definition) is 6. The minimum Gasteiger partial charge on any atom is -0.462 e. The molecule has 6 nitrogen and oxygen atoms in total. The molecule has 0 spiro atoms. The van der Waals surface area contributed by atoms with Crippen molar-refractivity contribution in [2.75, 3.05) is 20.2 Å². The Morgan fingerprint density at radius 2 is 2.15 bits per heavy atom. The van der Waals surface area contributed by atoms with E-state index in [-0.39, 0.29) is 36.0 Å². The lowest BCUT2D eigenvalue weighted by molar-refractivity contribution is 0.0531. The number of guanidine groups is 1. The van der Waals surface area contributed by atoms with E-state index in [0.29, 0.717) is 29.1 Å². The predicted molar refractivity (Wildman–Crippen MR) is 124 cm³/mol. The zero-order chi connectivity index (χ0) is 19.1. The second-order valence-electron chi connectivity index (χ2n) is 5.96. The number of aryl methyl sites for hydroxylation is 1. The third kappa shape index (κ3) is 6.72. The van der Waals surface area contributed by atoms with Gasteiger partial charge in [0.05, 0.1) is 18.3 Å². The van der Waals surface area contributed by atoms with E-state index < -0.39 is 0 Å². The van der Waals surface area contributed by atoms with Gasteiger partial charge >= 0.3 is 5.97 Å². The van der Waals surface area contributed by atoms with E-state index in [2.05, 4.69) is 44.4 Å². The molecule has 2 rings (SSSR count). The first kappa shape index (κ1) is 23.8. The number of hydrogen-bond donors (Lipinski definition) is 2. The summed E-state index contributed by atoms with van der Waals surface area (Å²) < 4.78 is 5.08. The maximum Gasteiger partial charge on any atom is 0.350 e. The van der Waals surface area contributed by atoms with Crippen LogP contribution in [-0.4, -0.2) is 37.1 Å². The highest BCUT2D eigenvalue weighted by atomic mass is 127. The molecule has 2 aromatic heterocycles. The Labute approximate surface area is 185 Å². The molecule has 2 aromatic rings. The second-order valence-corrected chi connectivity index (χ2v) is 7.77. The van der Waals surface area contributed by atoms with E-state index in [0.717, 1.165) is 11.6 Å². The van der Waals surface area contributed by atoms with Gasteiger partial charge in [-0.15, -0.1) is 35.3 Å². The molecule has 0 aliphatic heterocycles. The maximum absolute atomic E-state index is 12.0. The predicted octanol–water partition coefficient (Wildman–Crippen LogP) is 4.34. The van der Waals surface area contributed by atoms with E-state index in [1.165, 1.54) is 16.9 Å². The van der Waals surface area contributed by atoms with Crippen molar-refractivity contribution in [3.63, 3.8) is 0 Å². The Bertz CT molecular complexity index is 747. The molecule has 0 radical (unpaired) electrons. The lowest BCUT2D eigenvalue weighted by Gasteiger charge is -2.18. The zero-order valence-corrected chi connectivity index (χ0v) is 20.2. The van der Waals surface area contributed by atoms with Crippen molar-refractivity contribution in [1.82, 2.24) is 15.6 Å². The van der Waals surface area contributed by atoms with Crippen molar-refractivity contribution in [3.05, 3.63) is 38.0 Å². The molecule has 2 atom stereocenters.